The van der Waals surface area contributed by atoms with Crippen molar-refractivity contribution >= 4 is 5.69 Å². The molecule has 0 atom stereocenters. The van der Waals surface area contributed by atoms with Crippen molar-refractivity contribution in [3.8, 4) is 0 Å². The largest absolute Gasteiger partial charge is 0.385 e. The molecular formula is C6H9F2N3. The summed E-state index contributed by atoms with van der Waals surface area (Å²) in [5, 5.41) is 6.22. The van der Waals surface area contributed by atoms with Crippen molar-refractivity contribution in [2.75, 3.05) is 12.4 Å². The Hall–Kier alpha value is -1.13. The monoisotopic (exact) mass is 161 g/mol. The van der Waals surface area contributed by atoms with Crippen LogP contribution in [0.1, 0.15) is 12.1 Å². The highest BCUT2D eigenvalue weighted by molar-refractivity contribution is 5.46. The number of hydrogen-bond acceptors (Lipinski definition) is 2. The number of nitrogens with one attached hydrogen (secondary N) is 1. The predicted molar refractivity (Wildman–Crippen MR) is 37.7 cm³/mol. The lowest BCUT2D eigenvalue weighted by atomic mass is 10.4. The molecule has 62 valence electrons. The van der Waals surface area contributed by atoms with E-state index < -0.39 is 6.43 Å². The molecule has 1 aromatic rings. The van der Waals surface area contributed by atoms with Crippen molar-refractivity contribution < 1.29 is 8.78 Å². The molecule has 1 N–H and O–H groups in total. The number of hydrogen-bond donors (Lipinski definition) is 1. The maximum atomic E-state index is 12.1. The van der Waals surface area contributed by atoms with Gasteiger partial charge < -0.3 is 5.32 Å². The number of aryl methyl sites for hydroxylation is 1. The van der Waals surface area contributed by atoms with Gasteiger partial charge in [0.2, 0.25) is 0 Å². The predicted octanol–water partition coefficient (Wildman–Crippen LogP) is 1.40. The van der Waals surface area contributed by atoms with Gasteiger partial charge in [0.05, 0.1) is 5.69 Å². The van der Waals surface area contributed by atoms with Gasteiger partial charge in [0.1, 0.15) is 0 Å². The summed E-state index contributed by atoms with van der Waals surface area (Å²) in [5.74, 6) is 0. The van der Waals surface area contributed by atoms with Crippen LogP contribution in [-0.2, 0) is 7.05 Å². The molecule has 0 radical (unpaired) electrons. The summed E-state index contributed by atoms with van der Waals surface area (Å²) in [7, 11) is 3.19. The number of nitrogens with zero attached hydrogens (tertiary/aromatic N) is 2. The van der Waals surface area contributed by atoms with Crippen LogP contribution in [0.5, 0.6) is 0 Å². The van der Waals surface area contributed by atoms with Crippen LogP contribution in [0.25, 0.3) is 0 Å². The molecule has 0 saturated heterocycles. The summed E-state index contributed by atoms with van der Waals surface area (Å²) in [6.45, 7) is 0. The van der Waals surface area contributed by atoms with Gasteiger partial charge in [0.25, 0.3) is 6.43 Å². The van der Waals surface area contributed by atoms with E-state index in [1.807, 2.05) is 0 Å². The molecule has 1 rings (SSSR count). The minimum Gasteiger partial charge on any atom is -0.385 e. The molecule has 0 amide bonds. The van der Waals surface area contributed by atoms with Crippen molar-refractivity contribution in [1.29, 1.82) is 0 Å². The zero-order valence-corrected chi connectivity index (χ0v) is 6.31. The van der Waals surface area contributed by atoms with Crippen LogP contribution in [0.4, 0.5) is 14.5 Å². The number of alkyl halides is 2. The molecule has 1 heterocycles. The minimum atomic E-state index is -2.52. The minimum absolute atomic E-state index is 0.199. The van der Waals surface area contributed by atoms with Gasteiger partial charge in [-0.1, -0.05) is 0 Å². The Morgan fingerprint density at radius 2 is 2.27 bits per heavy atom. The fraction of sp³-hybridized carbons (Fsp3) is 0.500. The molecule has 0 spiro atoms. The zero-order chi connectivity index (χ0) is 8.43. The molecule has 3 nitrogen and oxygen atoms in total. The standard InChI is InChI=1S/C6H9F2N3/c1-9-4-3-11(2)10-5(4)6(7)8/h3,6,9H,1-2H3. The molecule has 0 saturated carbocycles. The smallest absolute Gasteiger partial charge is 0.284 e. The van der Waals surface area contributed by atoms with Crippen LogP contribution in [0.3, 0.4) is 0 Å². The topological polar surface area (TPSA) is 29.9 Å². The first-order chi connectivity index (χ1) is 5.15. The third kappa shape index (κ3) is 1.47. The summed E-state index contributed by atoms with van der Waals surface area (Å²) in [6.07, 6.45) is -1.000. The number of aromatic nitrogens is 2. The molecule has 0 aromatic carbocycles. The molecule has 0 aliphatic carbocycles. The van der Waals surface area contributed by atoms with E-state index in [0.29, 0.717) is 5.69 Å². The lowest BCUT2D eigenvalue weighted by Gasteiger charge is -1.97. The molecule has 1 aromatic heterocycles. The van der Waals surface area contributed by atoms with Gasteiger partial charge in [-0.3, -0.25) is 4.68 Å². The van der Waals surface area contributed by atoms with E-state index in [1.165, 1.54) is 10.9 Å². The molecule has 0 aliphatic rings. The van der Waals surface area contributed by atoms with Crippen molar-refractivity contribution in [1.82, 2.24) is 9.78 Å². The summed E-state index contributed by atoms with van der Waals surface area (Å²) in [6, 6.07) is 0. The highest BCUT2D eigenvalue weighted by Gasteiger charge is 2.15. The van der Waals surface area contributed by atoms with Gasteiger partial charge in [0.15, 0.2) is 5.69 Å². The van der Waals surface area contributed by atoms with Crippen molar-refractivity contribution in [3.05, 3.63) is 11.9 Å². The third-order valence-corrected chi connectivity index (χ3v) is 1.33. The molecule has 0 aliphatic heterocycles. The van der Waals surface area contributed by atoms with Crippen LogP contribution in [-0.4, -0.2) is 16.8 Å². The Morgan fingerprint density at radius 1 is 1.64 bits per heavy atom. The fourth-order valence-electron chi connectivity index (χ4n) is 0.859. The van der Waals surface area contributed by atoms with Crippen LogP contribution >= 0.6 is 0 Å². The van der Waals surface area contributed by atoms with Crippen molar-refractivity contribution in [3.63, 3.8) is 0 Å². The SMILES string of the molecule is CNc1cn(C)nc1C(F)F. The van der Waals surface area contributed by atoms with Gasteiger partial charge in [-0.2, -0.15) is 5.10 Å². The Morgan fingerprint density at radius 3 is 2.64 bits per heavy atom. The van der Waals surface area contributed by atoms with Crippen LogP contribution in [0, 0.1) is 0 Å². The van der Waals surface area contributed by atoms with Gasteiger partial charge in [0, 0.05) is 20.3 Å². The number of halogens is 2. The fourth-order valence-corrected chi connectivity index (χ4v) is 0.859. The van der Waals surface area contributed by atoms with E-state index in [9.17, 15) is 8.78 Å². The number of anilines is 1. The lowest BCUT2D eigenvalue weighted by Crippen LogP contribution is -1.93. The Balaban J connectivity index is 3.02. The summed E-state index contributed by atoms with van der Waals surface area (Å²) in [4.78, 5) is 0. The normalized spacial score (nSPS) is 10.6. The molecule has 0 bridgehead atoms. The lowest BCUT2D eigenvalue weighted by molar-refractivity contribution is 0.146. The summed E-state index contributed by atoms with van der Waals surface area (Å²) in [5.41, 5.74) is 0.178. The van der Waals surface area contributed by atoms with Gasteiger partial charge in [-0.15, -0.1) is 0 Å². The van der Waals surface area contributed by atoms with E-state index in [2.05, 4.69) is 10.4 Å². The molecule has 0 unspecified atom stereocenters. The second-order valence-corrected chi connectivity index (χ2v) is 2.15. The Kier molecular flexibility index (Phi) is 2.07. The maximum Gasteiger partial charge on any atom is 0.284 e. The molecular weight excluding hydrogens is 152 g/mol. The average molecular weight is 161 g/mol. The Labute approximate surface area is 63.0 Å². The highest BCUT2D eigenvalue weighted by atomic mass is 19.3. The molecule has 11 heavy (non-hydrogen) atoms. The van der Waals surface area contributed by atoms with Crippen LogP contribution in [0.15, 0.2) is 6.20 Å². The van der Waals surface area contributed by atoms with E-state index in [4.69, 9.17) is 0 Å². The van der Waals surface area contributed by atoms with Crippen molar-refractivity contribution in [2.24, 2.45) is 7.05 Å². The zero-order valence-electron chi connectivity index (χ0n) is 6.31. The van der Waals surface area contributed by atoms with Crippen LogP contribution < -0.4 is 5.32 Å². The second kappa shape index (κ2) is 2.86. The average Bonchev–Trinajstić information content (AvgIpc) is 2.30. The highest BCUT2D eigenvalue weighted by Crippen LogP contribution is 2.24. The summed E-state index contributed by atoms with van der Waals surface area (Å²) < 4.78 is 25.6. The molecule has 5 heteroatoms. The van der Waals surface area contributed by atoms with Gasteiger partial charge in [-0.25, -0.2) is 8.78 Å². The van der Waals surface area contributed by atoms with Gasteiger partial charge >= 0.3 is 0 Å². The van der Waals surface area contributed by atoms with E-state index in [1.54, 1.807) is 14.1 Å². The van der Waals surface area contributed by atoms with E-state index >= 15 is 0 Å². The van der Waals surface area contributed by atoms with Crippen LogP contribution in [0.2, 0.25) is 0 Å². The maximum absolute atomic E-state index is 12.1. The van der Waals surface area contributed by atoms with E-state index in [0.717, 1.165) is 0 Å². The Bertz CT molecular complexity index is 244. The first-order valence-electron chi connectivity index (χ1n) is 3.14. The third-order valence-electron chi connectivity index (χ3n) is 1.33. The molecule has 0 fully saturated rings. The number of rotatable bonds is 2. The summed E-state index contributed by atoms with van der Waals surface area (Å²) >= 11 is 0. The van der Waals surface area contributed by atoms with Crippen molar-refractivity contribution in [2.45, 2.75) is 6.43 Å². The first kappa shape index (κ1) is 7.97. The first-order valence-corrected chi connectivity index (χ1v) is 3.14. The second-order valence-electron chi connectivity index (χ2n) is 2.15. The van der Waals surface area contributed by atoms with Gasteiger partial charge in [-0.05, 0) is 0 Å². The quantitative estimate of drug-likeness (QED) is 0.710. The van der Waals surface area contributed by atoms with E-state index in [-0.39, 0.29) is 5.69 Å².